The van der Waals surface area contributed by atoms with Crippen LogP contribution in [0.25, 0.3) is 11.0 Å². The van der Waals surface area contributed by atoms with Crippen molar-refractivity contribution in [3.05, 3.63) is 28.2 Å². The number of nitrogens with two attached hydrogens (primary N) is 1. The summed E-state index contributed by atoms with van der Waals surface area (Å²) in [5, 5.41) is 0. The van der Waals surface area contributed by atoms with Gasteiger partial charge in [0.1, 0.15) is 11.6 Å². The van der Waals surface area contributed by atoms with Crippen LogP contribution in [0.15, 0.2) is 16.6 Å². The summed E-state index contributed by atoms with van der Waals surface area (Å²) in [6.45, 7) is 2.87. The second-order valence-corrected chi connectivity index (χ2v) is 6.89. The van der Waals surface area contributed by atoms with Crippen molar-refractivity contribution in [2.24, 2.45) is 11.7 Å². The lowest BCUT2D eigenvalue weighted by atomic mass is 9.70. The van der Waals surface area contributed by atoms with Gasteiger partial charge in [-0.2, -0.15) is 0 Å². The molecular weight excluding hydrogens is 321 g/mol. The summed E-state index contributed by atoms with van der Waals surface area (Å²) in [5.41, 5.74) is 7.51. The van der Waals surface area contributed by atoms with E-state index in [1.807, 2.05) is 0 Å². The average molecular weight is 340 g/mol. The van der Waals surface area contributed by atoms with E-state index in [0.29, 0.717) is 11.0 Å². The van der Waals surface area contributed by atoms with Crippen molar-refractivity contribution in [2.75, 3.05) is 6.54 Å². The van der Waals surface area contributed by atoms with Crippen LogP contribution in [-0.4, -0.2) is 16.5 Å². The smallest absolute Gasteiger partial charge is 0.139 e. The molecule has 0 spiro atoms. The second-order valence-electron chi connectivity index (χ2n) is 6.04. The molecule has 1 fully saturated rings. The van der Waals surface area contributed by atoms with Crippen LogP contribution in [-0.2, 0) is 5.41 Å². The molecule has 2 aromatic rings. The van der Waals surface area contributed by atoms with Gasteiger partial charge in [-0.3, -0.25) is 0 Å². The van der Waals surface area contributed by atoms with Crippen molar-refractivity contribution in [2.45, 2.75) is 38.0 Å². The van der Waals surface area contributed by atoms with Gasteiger partial charge in [-0.05, 0) is 53.6 Å². The molecule has 0 atom stereocenters. The molecule has 3 rings (SSSR count). The maximum Gasteiger partial charge on any atom is 0.139 e. The van der Waals surface area contributed by atoms with Gasteiger partial charge < -0.3 is 10.7 Å². The van der Waals surface area contributed by atoms with Crippen molar-refractivity contribution in [1.29, 1.82) is 0 Å². The number of nitrogens with zero attached hydrogens (tertiary/aromatic N) is 1. The van der Waals surface area contributed by atoms with Crippen LogP contribution < -0.4 is 5.73 Å². The first-order valence-electron chi connectivity index (χ1n) is 7.09. The fraction of sp³-hybridized carbons (Fsp3) is 0.533. The monoisotopic (exact) mass is 339 g/mol. The quantitative estimate of drug-likeness (QED) is 0.872. The lowest BCUT2D eigenvalue weighted by Gasteiger charge is -2.36. The van der Waals surface area contributed by atoms with Gasteiger partial charge in [0, 0.05) is 18.0 Å². The van der Waals surface area contributed by atoms with Gasteiger partial charge in [-0.1, -0.05) is 6.92 Å². The lowest BCUT2D eigenvalue weighted by Crippen LogP contribution is -2.39. The molecule has 1 saturated carbocycles. The first-order valence-corrected chi connectivity index (χ1v) is 7.89. The van der Waals surface area contributed by atoms with E-state index in [0.717, 1.165) is 35.6 Å². The Labute approximate surface area is 126 Å². The van der Waals surface area contributed by atoms with Gasteiger partial charge in [-0.15, -0.1) is 0 Å². The number of imidazole rings is 1. The first-order chi connectivity index (χ1) is 9.54. The minimum Gasteiger partial charge on any atom is -0.341 e. The number of nitrogens with one attached hydrogen (secondary N) is 1. The molecule has 108 valence electrons. The minimum atomic E-state index is -0.272. The fourth-order valence-corrected chi connectivity index (χ4v) is 3.44. The van der Waals surface area contributed by atoms with E-state index in [1.54, 1.807) is 6.07 Å². The Morgan fingerprint density at radius 1 is 1.45 bits per heavy atom. The van der Waals surface area contributed by atoms with E-state index >= 15 is 0 Å². The second kappa shape index (κ2) is 5.11. The number of halogens is 2. The third-order valence-corrected chi connectivity index (χ3v) is 5.26. The van der Waals surface area contributed by atoms with Gasteiger partial charge in [0.2, 0.25) is 0 Å². The third kappa shape index (κ3) is 2.27. The summed E-state index contributed by atoms with van der Waals surface area (Å²) < 4.78 is 14.1. The predicted octanol–water partition coefficient (Wildman–Crippen LogP) is 3.87. The number of H-pyrrole nitrogens is 1. The minimum absolute atomic E-state index is 0.0749. The van der Waals surface area contributed by atoms with E-state index in [4.69, 9.17) is 5.73 Å². The molecule has 3 nitrogen and oxygen atoms in total. The van der Waals surface area contributed by atoms with E-state index in [9.17, 15) is 4.39 Å². The number of rotatable bonds is 2. The summed E-state index contributed by atoms with van der Waals surface area (Å²) in [6.07, 6.45) is 4.45. The van der Waals surface area contributed by atoms with Crippen LogP contribution in [0.2, 0.25) is 0 Å². The highest BCUT2D eigenvalue weighted by Gasteiger charge is 2.37. The molecule has 1 aromatic heterocycles. The zero-order valence-corrected chi connectivity index (χ0v) is 13.1. The number of hydrogen-bond acceptors (Lipinski definition) is 2. The van der Waals surface area contributed by atoms with Gasteiger partial charge in [0.05, 0.1) is 15.5 Å². The molecule has 0 aliphatic heterocycles. The van der Waals surface area contributed by atoms with Crippen LogP contribution in [0, 0.1) is 11.7 Å². The van der Waals surface area contributed by atoms with Gasteiger partial charge in [0.25, 0.3) is 0 Å². The Bertz CT molecular complexity index is 590. The summed E-state index contributed by atoms with van der Waals surface area (Å²) in [7, 11) is 0. The molecule has 1 heterocycles. The van der Waals surface area contributed by atoms with E-state index in [2.05, 4.69) is 32.8 Å². The highest BCUT2D eigenvalue weighted by molar-refractivity contribution is 9.10. The molecule has 3 N–H and O–H groups in total. The Morgan fingerprint density at radius 3 is 2.80 bits per heavy atom. The third-order valence-electron chi connectivity index (χ3n) is 4.65. The normalized spacial score (nSPS) is 27.1. The Morgan fingerprint density at radius 2 is 2.15 bits per heavy atom. The number of aromatic amines is 1. The summed E-state index contributed by atoms with van der Waals surface area (Å²) in [5.74, 6) is 1.40. The van der Waals surface area contributed by atoms with Crippen molar-refractivity contribution >= 4 is 27.0 Å². The van der Waals surface area contributed by atoms with Gasteiger partial charge in [-0.25, -0.2) is 9.37 Å². The molecule has 0 amide bonds. The zero-order chi connectivity index (χ0) is 14.3. The number of aromatic nitrogens is 2. The standard InChI is InChI=1S/C15H19BrFN3/c1-9-2-4-15(8-18,5-3-9)14-19-12-6-10(16)11(17)7-13(12)20-14/h6-7,9H,2-5,8,18H2,1H3,(H,19,20). The van der Waals surface area contributed by atoms with Crippen LogP contribution in [0.3, 0.4) is 0 Å². The molecular formula is C15H19BrFN3. The average Bonchev–Trinajstić information content (AvgIpc) is 2.84. The predicted molar refractivity (Wildman–Crippen MR) is 82.1 cm³/mol. The Kier molecular flexibility index (Phi) is 3.58. The van der Waals surface area contributed by atoms with E-state index in [-0.39, 0.29) is 11.2 Å². The molecule has 1 aliphatic rings. The highest BCUT2D eigenvalue weighted by atomic mass is 79.9. The topological polar surface area (TPSA) is 54.7 Å². The van der Waals surface area contributed by atoms with Crippen LogP contribution in [0.5, 0.6) is 0 Å². The van der Waals surface area contributed by atoms with Crippen LogP contribution in [0.4, 0.5) is 4.39 Å². The van der Waals surface area contributed by atoms with E-state index in [1.165, 1.54) is 18.9 Å². The molecule has 20 heavy (non-hydrogen) atoms. The number of hydrogen-bond donors (Lipinski definition) is 2. The molecule has 1 aliphatic carbocycles. The highest BCUT2D eigenvalue weighted by Crippen LogP contribution is 2.40. The maximum atomic E-state index is 13.6. The lowest BCUT2D eigenvalue weighted by molar-refractivity contribution is 0.238. The number of benzene rings is 1. The summed E-state index contributed by atoms with van der Waals surface area (Å²) in [6, 6.07) is 3.21. The van der Waals surface area contributed by atoms with Crippen molar-refractivity contribution in [1.82, 2.24) is 9.97 Å². The largest absolute Gasteiger partial charge is 0.341 e. The molecule has 1 aromatic carbocycles. The SMILES string of the molecule is CC1CCC(CN)(c2nc3cc(Br)c(F)cc3[nH]2)CC1. The first kappa shape index (κ1) is 14.0. The maximum absolute atomic E-state index is 13.6. The van der Waals surface area contributed by atoms with Crippen molar-refractivity contribution < 1.29 is 4.39 Å². The Hall–Kier alpha value is -0.940. The van der Waals surface area contributed by atoms with Crippen molar-refractivity contribution in [3.8, 4) is 0 Å². The molecule has 0 radical (unpaired) electrons. The summed E-state index contributed by atoms with van der Waals surface area (Å²) >= 11 is 3.21. The fourth-order valence-electron chi connectivity index (χ4n) is 3.11. The van der Waals surface area contributed by atoms with Crippen molar-refractivity contribution in [3.63, 3.8) is 0 Å². The van der Waals surface area contributed by atoms with Crippen LogP contribution >= 0.6 is 15.9 Å². The Balaban J connectivity index is 2.04. The number of fused-ring (bicyclic) bond motifs is 1. The molecule has 0 bridgehead atoms. The van der Waals surface area contributed by atoms with Crippen LogP contribution in [0.1, 0.15) is 38.4 Å². The zero-order valence-electron chi connectivity index (χ0n) is 11.5. The molecule has 0 saturated heterocycles. The van der Waals surface area contributed by atoms with E-state index < -0.39 is 0 Å². The summed E-state index contributed by atoms with van der Waals surface area (Å²) in [4.78, 5) is 7.96. The molecule has 0 unspecified atom stereocenters. The molecule has 5 heteroatoms. The van der Waals surface area contributed by atoms with Gasteiger partial charge in [0.15, 0.2) is 0 Å². The van der Waals surface area contributed by atoms with Gasteiger partial charge >= 0.3 is 0 Å².